The number of benzene rings is 1. The predicted molar refractivity (Wildman–Crippen MR) is 104 cm³/mol. The van der Waals surface area contributed by atoms with Crippen molar-refractivity contribution in [2.75, 3.05) is 6.54 Å². The minimum absolute atomic E-state index is 0.0142. The van der Waals surface area contributed by atoms with Gasteiger partial charge in [-0.05, 0) is 32.4 Å². The maximum Gasteiger partial charge on any atom is 0.226 e. The van der Waals surface area contributed by atoms with Gasteiger partial charge in [-0.1, -0.05) is 18.2 Å². The summed E-state index contributed by atoms with van der Waals surface area (Å²) in [7, 11) is 0. The lowest BCUT2D eigenvalue weighted by Crippen LogP contribution is -2.36. The number of nitrogens with one attached hydrogen (secondary N) is 1. The van der Waals surface area contributed by atoms with Crippen LogP contribution in [0.2, 0.25) is 0 Å². The average molecular weight is 382 g/mol. The van der Waals surface area contributed by atoms with Gasteiger partial charge in [-0.15, -0.1) is 0 Å². The molecule has 0 radical (unpaired) electrons. The Kier molecular flexibility index (Phi) is 5.92. The van der Waals surface area contributed by atoms with Crippen LogP contribution in [0.15, 0.2) is 36.7 Å². The highest BCUT2D eigenvalue weighted by Crippen LogP contribution is 2.37. The summed E-state index contributed by atoms with van der Waals surface area (Å²) in [5, 5.41) is 2.94. The number of nitrogens with zero attached hydrogens (tertiary/aromatic N) is 3. The number of hydrogen-bond donors (Lipinski definition) is 1. The molecule has 1 fully saturated rings. The monoisotopic (exact) mass is 382 g/mol. The summed E-state index contributed by atoms with van der Waals surface area (Å²) in [5.41, 5.74) is 1.46. The first-order valence-corrected chi connectivity index (χ1v) is 9.64. The Labute approximate surface area is 164 Å². The van der Waals surface area contributed by atoms with Crippen LogP contribution in [0.4, 0.5) is 0 Å². The van der Waals surface area contributed by atoms with Gasteiger partial charge >= 0.3 is 0 Å². The highest BCUT2D eigenvalue weighted by atomic mass is 16.2. The quantitative estimate of drug-likeness (QED) is 0.745. The fraction of sp³-hybridized carbons (Fsp3) is 0.429. The van der Waals surface area contributed by atoms with Gasteiger partial charge in [0.1, 0.15) is 11.9 Å². The molecule has 2 amide bonds. The van der Waals surface area contributed by atoms with Crippen molar-refractivity contribution in [2.24, 2.45) is 5.92 Å². The van der Waals surface area contributed by atoms with Crippen LogP contribution < -0.4 is 5.32 Å². The number of aryl methyl sites for hydroxylation is 1. The number of ketones is 1. The molecule has 1 aliphatic rings. The third kappa shape index (κ3) is 3.83. The van der Waals surface area contributed by atoms with E-state index in [-0.39, 0.29) is 30.1 Å². The molecule has 2 aromatic rings. The number of rotatable bonds is 7. The van der Waals surface area contributed by atoms with E-state index in [1.54, 1.807) is 29.3 Å². The molecular formula is C21H26N4O3. The number of carbonyl (C=O) groups excluding carboxylic acids is 3. The van der Waals surface area contributed by atoms with Crippen molar-refractivity contribution in [3.63, 3.8) is 0 Å². The molecule has 2 atom stereocenters. The van der Waals surface area contributed by atoms with Gasteiger partial charge in [0, 0.05) is 44.0 Å². The van der Waals surface area contributed by atoms with E-state index < -0.39 is 5.92 Å². The maximum atomic E-state index is 13.0. The third-order valence-corrected chi connectivity index (χ3v) is 5.26. The Morgan fingerprint density at radius 1 is 1.25 bits per heavy atom. The zero-order valence-electron chi connectivity index (χ0n) is 16.5. The second kappa shape index (κ2) is 8.37. The number of Topliss-reactive ketones (excluding diaryl/α,β-unsaturated/α-hetero) is 1. The van der Waals surface area contributed by atoms with E-state index in [1.807, 2.05) is 30.7 Å². The first-order valence-electron chi connectivity index (χ1n) is 9.64. The van der Waals surface area contributed by atoms with Crippen LogP contribution in [0.25, 0.3) is 0 Å². The summed E-state index contributed by atoms with van der Waals surface area (Å²) in [4.78, 5) is 43.2. The lowest BCUT2D eigenvalue weighted by molar-refractivity contribution is -0.129. The molecule has 1 saturated heterocycles. The second-order valence-electron chi connectivity index (χ2n) is 6.98. The molecule has 0 saturated carbocycles. The van der Waals surface area contributed by atoms with Crippen molar-refractivity contribution in [3.05, 3.63) is 53.6 Å². The fourth-order valence-electron chi connectivity index (χ4n) is 3.79. The summed E-state index contributed by atoms with van der Waals surface area (Å²) in [6.45, 7) is 7.01. The first kappa shape index (κ1) is 19.8. The standard InChI is InChI=1S/C21H26N4O3/c1-4-24-10-9-22-20(24)19-17(12-18(27)25(19)5-2)21(28)23-13-15-7-6-8-16(11-15)14(3)26/h6-11,17,19H,4-5,12-13H2,1-3H3,(H,23,28)/t17-,19-/m0/s1. The van der Waals surface area contributed by atoms with Gasteiger partial charge < -0.3 is 14.8 Å². The number of likely N-dealkylation sites (tertiary alicyclic amines) is 1. The zero-order chi connectivity index (χ0) is 20.3. The molecule has 7 nitrogen and oxygen atoms in total. The van der Waals surface area contributed by atoms with Crippen LogP contribution in [0.5, 0.6) is 0 Å². The molecule has 0 spiro atoms. The minimum atomic E-state index is -0.490. The molecule has 0 bridgehead atoms. The molecule has 1 aromatic carbocycles. The Morgan fingerprint density at radius 3 is 2.71 bits per heavy atom. The highest BCUT2D eigenvalue weighted by Gasteiger charge is 2.45. The summed E-state index contributed by atoms with van der Waals surface area (Å²) < 4.78 is 1.97. The molecule has 7 heteroatoms. The molecule has 0 unspecified atom stereocenters. The normalized spacial score (nSPS) is 19.1. The molecule has 1 aromatic heterocycles. The lowest BCUT2D eigenvalue weighted by atomic mass is 9.98. The number of hydrogen-bond acceptors (Lipinski definition) is 4. The van der Waals surface area contributed by atoms with Crippen LogP contribution >= 0.6 is 0 Å². The molecule has 3 rings (SSSR count). The summed E-state index contributed by atoms with van der Waals surface area (Å²) in [6, 6.07) is 6.84. The minimum Gasteiger partial charge on any atom is -0.352 e. The third-order valence-electron chi connectivity index (χ3n) is 5.26. The van der Waals surface area contributed by atoms with Crippen LogP contribution in [0.3, 0.4) is 0 Å². The van der Waals surface area contributed by atoms with Gasteiger partial charge in [-0.2, -0.15) is 0 Å². The molecule has 28 heavy (non-hydrogen) atoms. The van der Waals surface area contributed by atoms with E-state index in [0.29, 0.717) is 18.7 Å². The summed E-state index contributed by atoms with van der Waals surface area (Å²) in [5.74, 6) is 0.0368. The van der Waals surface area contributed by atoms with Crippen LogP contribution in [-0.2, 0) is 22.7 Å². The molecule has 148 valence electrons. The topological polar surface area (TPSA) is 84.3 Å². The largest absolute Gasteiger partial charge is 0.352 e. The van der Waals surface area contributed by atoms with Gasteiger partial charge in [-0.25, -0.2) is 4.98 Å². The first-order chi connectivity index (χ1) is 13.5. The van der Waals surface area contributed by atoms with Gasteiger partial charge in [0.25, 0.3) is 0 Å². The molecule has 1 aliphatic heterocycles. The van der Waals surface area contributed by atoms with E-state index in [9.17, 15) is 14.4 Å². The molecule has 2 heterocycles. The number of amides is 2. The molecule has 0 aliphatic carbocycles. The van der Waals surface area contributed by atoms with E-state index in [2.05, 4.69) is 10.3 Å². The van der Waals surface area contributed by atoms with E-state index >= 15 is 0 Å². The Hall–Kier alpha value is -2.96. The van der Waals surface area contributed by atoms with Crippen molar-refractivity contribution in [3.8, 4) is 0 Å². The van der Waals surface area contributed by atoms with Gasteiger partial charge in [-0.3, -0.25) is 14.4 Å². The SMILES string of the molecule is CCN1C(=O)C[C@H](C(=O)NCc2cccc(C(C)=O)c2)[C@H]1c1nccn1CC. The lowest BCUT2D eigenvalue weighted by Gasteiger charge is -2.26. The predicted octanol–water partition coefficient (Wildman–Crippen LogP) is 2.33. The number of imidazole rings is 1. The summed E-state index contributed by atoms with van der Waals surface area (Å²) >= 11 is 0. The summed E-state index contributed by atoms with van der Waals surface area (Å²) in [6.07, 6.45) is 3.75. The smallest absolute Gasteiger partial charge is 0.226 e. The van der Waals surface area contributed by atoms with Crippen LogP contribution in [0.1, 0.15) is 55.0 Å². The van der Waals surface area contributed by atoms with E-state index in [4.69, 9.17) is 0 Å². The average Bonchev–Trinajstić information content (AvgIpc) is 3.29. The van der Waals surface area contributed by atoms with Gasteiger partial charge in [0.2, 0.25) is 11.8 Å². The van der Waals surface area contributed by atoms with Crippen molar-refractivity contribution in [1.82, 2.24) is 19.8 Å². The van der Waals surface area contributed by atoms with E-state index in [0.717, 1.165) is 17.9 Å². The Balaban J connectivity index is 1.78. The van der Waals surface area contributed by atoms with Crippen LogP contribution in [0, 0.1) is 5.92 Å². The number of aromatic nitrogens is 2. The molecular weight excluding hydrogens is 356 g/mol. The van der Waals surface area contributed by atoms with Crippen molar-refractivity contribution >= 4 is 17.6 Å². The molecule has 1 N–H and O–H groups in total. The van der Waals surface area contributed by atoms with Gasteiger partial charge in [0.05, 0.1) is 5.92 Å². The Bertz CT molecular complexity index is 889. The van der Waals surface area contributed by atoms with E-state index in [1.165, 1.54) is 6.92 Å². The highest BCUT2D eigenvalue weighted by molar-refractivity contribution is 5.94. The number of carbonyl (C=O) groups is 3. The van der Waals surface area contributed by atoms with Crippen molar-refractivity contribution in [2.45, 2.75) is 46.3 Å². The maximum absolute atomic E-state index is 13.0. The van der Waals surface area contributed by atoms with Crippen LogP contribution in [-0.4, -0.2) is 38.6 Å². The van der Waals surface area contributed by atoms with Gasteiger partial charge in [0.15, 0.2) is 5.78 Å². The zero-order valence-corrected chi connectivity index (χ0v) is 16.5. The fourth-order valence-corrected chi connectivity index (χ4v) is 3.79. The van der Waals surface area contributed by atoms with Crippen molar-refractivity contribution < 1.29 is 14.4 Å². The Morgan fingerprint density at radius 2 is 2.04 bits per heavy atom. The van der Waals surface area contributed by atoms with Crippen molar-refractivity contribution in [1.29, 1.82) is 0 Å². The second-order valence-corrected chi connectivity index (χ2v) is 6.98.